The number of carbonyl (C=O) groups excluding carboxylic acids is 3. The highest BCUT2D eigenvalue weighted by Crippen LogP contribution is 2.22. The first-order valence-electron chi connectivity index (χ1n) is 11.5. The van der Waals surface area contributed by atoms with Crippen LogP contribution in [0.4, 0.5) is 4.79 Å². The second-order valence-electron chi connectivity index (χ2n) is 9.66. The van der Waals surface area contributed by atoms with Crippen LogP contribution in [0.1, 0.15) is 51.3 Å². The molecule has 0 bridgehead atoms. The average Bonchev–Trinajstić information content (AvgIpc) is 2.80. The number of nitrogens with one attached hydrogen (secondary N) is 2. The number of amides is 2. The van der Waals surface area contributed by atoms with Crippen LogP contribution in [0.25, 0.3) is 0 Å². The molecule has 2 amide bonds. The zero-order valence-corrected chi connectivity index (χ0v) is 20.9. The van der Waals surface area contributed by atoms with Gasteiger partial charge >= 0.3 is 12.1 Å². The molecule has 0 heterocycles. The number of alkyl carbamates (subject to hydrolysis) is 1. The monoisotopic (exact) mass is 468 g/mol. The quantitative estimate of drug-likeness (QED) is 0.540. The summed E-state index contributed by atoms with van der Waals surface area (Å²) in [6.07, 6.45) is -0.434. The summed E-state index contributed by atoms with van der Waals surface area (Å²) in [4.78, 5) is 37.7. The van der Waals surface area contributed by atoms with Crippen LogP contribution < -0.4 is 10.6 Å². The minimum atomic E-state index is -0.888. The summed E-state index contributed by atoms with van der Waals surface area (Å²) in [6.45, 7) is 10.1. The van der Waals surface area contributed by atoms with Crippen molar-refractivity contribution in [2.75, 3.05) is 7.11 Å². The fourth-order valence-corrected chi connectivity index (χ4v) is 3.40. The van der Waals surface area contributed by atoms with Crippen LogP contribution in [0, 0.1) is 5.92 Å². The predicted octanol–water partition coefficient (Wildman–Crippen LogP) is 4.14. The molecule has 0 unspecified atom stereocenters. The van der Waals surface area contributed by atoms with Crippen LogP contribution in [-0.4, -0.2) is 37.2 Å². The fraction of sp³-hybridized carbons (Fsp3) is 0.444. The molecule has 0 saturated carbocycles. The minimum Gasteiger partial charge on any atom is -0.467 e. The molecule has 2 atom stereocenters. The van der Waals surface area contributed by atoms with Crippen molar-refractivity contribution in [3.8, 4) is 0 Å². The molecule has 0 aromatic heterocycles. The van der Waals surface area contributed by atoms with E-state index in [9.17, 15) is 14.4 Å². The zero-order valence-electron chi connectivity index (χ0n) is 20.9. The summed E-state index contributed by atoms with van der Waals surface area (Å²) in [6, 6.07) is 15.4. The molecule has 2 aromatic carbocycles. The second kappa shape index (κ2) is 12.2. The lowest BCUT2D eigenvalue weighted by molar-refractivity contribution is -0.145. The number of ether oxygens (including phenoxy) is 2. The maximum absolute atomic E-state index is 13.0. The Morgan fingerprint density at radius 2 is 1.50 bits per heavy atom. The van der Waals surface area contributed by atoms with E-state index in [0.29, 0.717) is 0 Å². The SMILES string of the molecule is COC(=O)[C@@H](Cc1ccc(C(C)(C)C)cc1)NC(=O)[C@H](NC(=O)OCc1ccccc1)C(C)C. The van der Waals surface area contributed by atoms with E-state index in [0.717, 1.165) is 11.1 Å². The highest BCUT2D eigenvalue weighted by molar-refractivity contribution is 5.90. The Bertz CT molecular complexity index is 949. The van der Waals surface area contributed by atoms with Crippen molar-refractivity contribution in [1.82, 2.24) is 10.6 Å². The lowest BCUT2D eigenvalue weighted by Gasteiger charge is -2.24. The molecular weight excluding hydrogens is 432 g/mol. The van der Waals surface area contributed by atoms with Gasteiger partial charge in [0.05, 0.1) is 7.11 Å². The molecule has 2 rings (SSSR count). The van der Waals surface area contributed by atoms with Gasteiger partial charge in [-0.15, -0.1) is 0 Å². The molecule has 0 aliphatic carbocycles. The number of rotatable bonds is 9. The van der Waals surface area contributed by atoms with Crippen molar-refractivity contribution in [3.63, 3.8) is 0 Å². The highest BCUT2D eigenvalue weighted by atomic mass is 16.5. The van der Waals surface area contributed by atoms with Gasteiger partial charge in [-0.3, -0.25) is 4.79 Å². The third kappa shape index (κ3) is 8.21. The Morgan fingerprint density at radius 1 is 0.882 bits per heavy atom. The van der Waals surface area contributed by atoms with E-state index >= 15 is 0 Å². The van der Waals surface area contributed by atoms with E-state index in [1.165, 1.54) is 12.7 Å². The number of methoxy groups -OCH3 is 1. The normalized spacial score (nSPS) is 13.0. The van der Waals surface area contributed by atoms with Gasteiger partial charge in [-0.05, 0) is 28.0 Å². The Kier molecular flexibility index (Phi) is 9.66. The largest absolute Gasteiger partial charge is 0.467 e. The van der Waals surface area contributed by atoms with Crippen LogP contribution in [0.15, 0.2) is 54.6 Å². The molecule has 0 saturated heterocycles. The van der Waals surface area contributed by atoms with Crippen molar-refractivity contribution < 1.29 is 23.9 Å². The minimum absolute atomic E-state index is 0.0137. The molecule has 0 radical (unpaired) electrons. The molecule has 0 fully saturated rings. The van der Waals surface area contributed by atoms with Gasteiger partial charge in [0.25, 0.3) is 0 Å². The van der Waals surface area contributed by atoms with Gasteiger partial charge in [0.2, 0.25) is 5.91 Å². The summed E-state index contributed by atoms with van der Waals surface area (Å²) in [5.74, 6) is -1.26. The molecule has 184 valence electrons. The van der Waals surface area contributed by atoms with E-state index in [1.54, 1.807) is 13.8 Å². The lowest BCUT2D eigenvalue weighted by atomic mass is 9.86. The van der Waals surface area contributed by atoms with Crippen LogP contribution in [0.3, 0.4) is 0 Å². The molecule has 0 spiro atoms. The van der Waals surface area contributed by atoms with Crippen LogP contribution in [0.2, 0.25) is 0 Å². The van der Waals surface area contributed by atoms with Crippen molar-refractivity contribution in [2.24, 2.45) is 5.92 Å². The molecule has 0 aliphatic heterocycles. The first-order chi connectivity index (χ1) is 16.0. The predicted molar refractivity (Wildman–Crippen MR) is 131 cm³/mol. The third-order valence-corrected chi connectivity index (χ3v) is 5.50. The summed E-state index contributed by atoms with van der Waals surface area (Å²) >= 11 is 0. The van der Waals surface area contributed by atoms with E-state index in [-0.39, 0.29) is 24.4 Å². The molecule has 34 heavy (non-hydrogen) atoms. The Hall–Kier alpha value is -3.35. The standard InChI is InChI=1S/C27H36N2O5/c1-18(2)23(29-26(32)34-17-20-10-8-7-9-11-20)24(30)28-22(25(31)33-6)16-19-12-14-21(15-13-19)27(3,4)5/h7-15,18,22-23H,16-17H2,1-6H3,(H,28,30)(H,29,32)/t22-,23-/m1/s1. The van der Waals surface area contributed by atoms with Gasteiger partial charge in [0.1, 0.15) is 18.7 Å². The summed E-state index contributed by atoms with van der Waals surface area (Å²) < 4.78 is 10.2. The summed E-state index contributed by atoms with van der Waals surface area (Å²) in [7, 11) is 1.28. The van der Waals surface area contributed by atoms with Gasteiger partial charge in [-0.2, -0.15) is 0 Å². The molecule has 2 aromatic rings. The van der Waals surface area contributed by atoms with E-state index in [2.05, 4.69) is 31.4 Å². The number of benzene rings is 2. The average molecular weight is 469 g/mol. The molecular formula is C27H36N2O5. The van der Waals surface area contributed by atoms with E-state index in [4.69, 9.17) is 9.47 Å². The highest BCUT2D eigenvalue weighted by Gasteiger charge is 2.30. The first-order valence-corrected chi connectivity index (χ1v) is 11.5. The van der Waals surface area contributed by atoms with Gasteiger partial charge < -0.3 is 20.1 Å². The second-order valence-corrected chi connectivity index (χ2v) is 9.66. The molecule has 7 heteroatoms. The smallest absolute Gasteiger partial charge is 0.408 e. The number of carbonyl (C=O) groups is 3. The van der Waals surface area contributed by atoms with Crippen molar-refractivity contribution in [2.45, 2.75) is 65.1 Å². The van der Waals surface area contributed by atoms with Gasteiger partial charge in [0.15, 0.2) is 0 Å². The summed E-state index contributed by atoms with van der Waals surface area (Å²) in [5, 5.41) is 5.35. The van der Waals surface area contributed by atoms with Gasteiger partial charge in [-0.1, -0.05) is 89.2 Å². The molecule has 2 N–H and O–H groups in total. The molecule has 0 aliphatic rings. The van der Waals surface area contributed by atoms with Crippen molar-refractivity contribution in [1.29, 1.82) is 0 Å². The van der Waals surface area contributed by atoms with Crippen LogP contribution in [-0.2, 0) is 37.5 Å². The molecule has 7 nitrogen and oxygen atoms in total. The van der Waals surface area contributed by atoms with E-state index in [1.807, 2.05) is 54.6 Å². The maximum atomic E-state index is 13.0. The maximum Gasteiger partial charge on any atom is 0.408 e. The third-order valence-electron chi connectivity index (χ3n) is 5.50. The fourth-order valence-electron chi connectivity index (χ4n) is 3.40. The van der Waals surface area contributed by atoms with Gasteiger partial charge in [-0.25, -0.2) is 9.59 Å². The first kappa shape index (κ1) is 26.9. The Balaban J connectivity index is 2.04. The lowest BCUT2D eigenvalue weighted by Crippen LogP contribution is -2.54. The van der Waals surface area contributed by atoms with Crippen LogP contribution >= 0.6 is 0 Å². The zero-order chi connectivity index (χ0) is 25.3. The van der Waals surface area contributed by atoms with E-state index < -0.39 is 30.1 Å². The van der Waals surface area contributed by atoms with Crippen molar-refractivity contribution in [3.05, 3.63) is 71.3 Å². The summed E-state index contributed by atoms with van der Waals surface area (Å²) in [5.41, 5.74) is 2.92. The number of hydrogen-bond donors (Lipinski definition) is 2. The topological polar surface area (TPSA) is 93.7 Å². The number of hydrogen-bond acceptors (Lipinski definition) is 5. The Labute approximate surface area is 202 Å². The van der Waals surface area contributed by atoms with Crippen molar-refractivity contribution >= 4 is 18.0 Å². The van der Waals surface area contributed by atoms with Gasteiger partial charge in [0, 0.05) is 6.42 Å². The number of esters is 1. The Morgan fingerprint density at radius 3 is 2.03 bits per heavy atom. The van der Waals surface area contributed by atoms with Crippen LogP contribution in [0.5, 0.6) is 0 Å².